The summed E-state index contributed by atoms with van der Waals surface area (Å²) in [4.78, 5) is 23.9. The van der Waals surface area contributed by atoms with E-state index in [1.54, 1.807) is 31.3 Å². The summed E-state index contributed by atoms with van der Waals surface area (Å²) >= 11 is 0. The van der Waals surface area contributed by atoms with Gasteiger partial charge >= 0.3 is 6.18 Å². The van der Waals surface area contributed by atoms with E-state index in [2.05, 4.69) is 11.1 Å². The molecule has 0 aliphatic carbocycles. The molecule has 2 aliphatic rings. The molecule has 1 saturated heterocycles. The van der Waals surface area contributed by atoms with Crippen molar-refractivity contribution in [1.29, 1.82) is 0 Å². The van der Waals surface area contributed by atoms with E-state index >= 15 is 0 Å². The summed E-state index contributed by atoms with van der Waals surface area (Å²) in [5, 5.41) is 11.5. The second kappa shape index (κ2) is 10.2. The maximum atomic E-state index is 13.7. The number of benzene rings is 2. The molecule has 7 nitrogen and oxygen atoms in total. The molecule has 6 rings (SSSR count). The fourth-order valence-corrected chi connectivity index (χ4v) is 6.20. The van der Waals surface area contributed by atoms with Crippen molar-refractivity contribution in [3.63, 3.8) is 0 Å². The van der Waals surface area contributed by atoms with E-state index in [1.807, 2.05) is 33.7 Å². The van der Waals surface area contributed by atoms with Gasteiger partial charge in [0.2, 0.25) is 5.91 Å². The lowest BCUT2D eigenvalue weighted by molar-refractivity contribution is -0.180. The predicted molar refractivity (Wildman–Crippen MR) is 158 cm³/mol. The summed E-state index contributed by atoms with van der Waals surface area (Å²) in [5.41, 5.74) is 5.72. The lowest BCUT2D eigenvalue weighted by atomic mass is 9.80. The molecule has 0 saturated carbocycles. The Morgan fingerprint density at radius 2 is 1.72 bits per heavy atom. The minimum Gasteiger partial charge on any atom is -0.382 e. The van der Waals surface area contributed by atoms with Crippen LogP contribution in [0, 0.1) is 0 Å². The van der Waals surface area contributed by atoms with Gasteiger partial charge in [0.1, 0.15) is 28.5 Å². The molecule has 0 unspecified atom stereocenters. The number of carbonyl (C=O) groups excluding carboxylic acids is 1. The highest BCUT2D eigenvalue weighted by Crippen LogP contribution is 2.42. The smallest absolute Gasteiger partial charge is 0.382 e. The van der Waals surface area contributed by atoms with Crippen molar-refractivity contribution >= 4 is 17.2 Å². The number of piperidine rings is 1. The van der Waals surface area contributed by atoms with Crippen molar-refractivity contribution in [3.8, 4) is 11.3 Å². The van der Waals surface area contributed by atoms with Gasteiger partial charge in [-0.2, -0.15) is 13.2 Å². The van der Waals surface area contributed by atoms with Gasteiger partial charge in [0.25, 0.3) is 0 Å². The zero-order chi connectivity index (χ0) is 30.7. The fourth-order valence-electron chi connectivity index (χ4n) is 6.20. The van der Waals surface area contributed by atoms with Gasteiger partial charge in [-0.3, -0.25) is 9.20 Å². The third kappa shape index (κ3) is 4.87. The first-order valence-corrected chi connectivity index (χ1v) is 14.4. The van der Waals surface area contributed by atoms with Crippen LogP contribution in [-0.2, 0) is 15.8 Å². The molecule has 0 radical (unpaired) electrons. The molecule has 1 amide bonds. The van der Waals surface area contributed by atoms with Gasteiger partial charge in [0.15, 0.2) is 0 Å². The minimum atomic E-state index is -4.44. The van der Waals surface area contributed by atoms with Crippen LogP contribution in [-0.4, -0.2) is 49.0 Å². The Kier molecular flexibility index (Phi) is 6.87. The molecule has 1 fully saturated rings. The number of fused-ring (bicyclic) bond motifs is 2. The van der Waals surface area contributed by atoms with E-state index in [9.17, 15) is 23.1 Å². The Bertz CT molecular complexity index is 1720. The largest absolute Gasteiger partial charge is 0.397 e. The van der Waals surface area contributed by atoms with Gasteiger partial charge in [0, 0.05) is 36.8 Å². The summed E-state index contributed by atoms with van der Waals surface area (Å²) in [7, 11) is 0. The van der Waals surface area contributed by atoms with E-state index in [1.165, 1.54) is 18.2 Å². The van der Waals surface area contributed by atoms with Crippen LogP contribution in [0.3, 0.4) is 0 Å². The minimum absolute atomic E-state index is 0.0166. The number of aromatic nitrogens is 3. The average Bonchev–Trinajstić information content (AvgIpc) is 3.38. The number of alkyl halides is 3. The Morgan fingerprint density at radius 3 is 2.44 bits per heavy atom. The first kappa shape index (κ1) is 28.9. The highest BCUT2D eigenvalue weighted by Gasteiger charge is 2.48. The number of nitrogens with zero attached hydrogens (tertiary/aromatic N) is 4. The third-order valence-corrected chi connectivity index (χ3v) is 9.15. The van der Waals surface area contributed by atoms with Crippen LogP contribution >= 0.6 is 0 Å². The zero-order valence-electron chi connectivity index (χ0n) is 24.3. The Morgan fingerprint density at radius 1 is 1.00 bits per heavy atom. The molecule has 2 aromatic carbocycles. The first-order chi connectivity index (χ1) is 20.3. The van der Waals surface area contributed by atoms with Gasteiger partial charge in [0.05, 0.1) is 11.5 Å². The summed E-state index contributed by atoms with van der Waals surface area (Å²) in [5.74, 6) is 1.26. The normalized spacial score (nSPS) is 20.7. The number of hydrogen-bond acceptors (Lipinski definition) is 5. The number of carbonyl (C=O) groups is 1. The van der Waals surface area contributed by atoms with Crippen LogP contribution in [0.5, 0.6) is 0 Å². The first-order valence-electron chi connectivity index (χ1n) is 14.4. The van der Waals surface area contributed by atoms with Crippen molar-refractivity contribution in [2.75, 3.05) is 12.3 Å². The van der Waals surface area contributed by atoms with E-state index in [0.717, 1.165) is 38.1 Å². The number of aliphatic hydroxyl groups is 1. The van der Waals surface area contributed by atoms with E-state index in [-0.39, 0.29) is 23.4 Å². The van der Waals surface area contributed by atoms with Crippen molar-refractivity contribution < 1.29 is 23.1 Å². The van der Waals surface area contributed by atoms with Gasteiger partial charge in [-0.15, -0.1) is 0 Å². The van der Waals surface area contributed by atoms with Crippen molar-refractivity contribution in [3.05, 3.63) is 95.6 Å². The molecule has 2 aliphatic heterocycles. The monoisotopic (exact) mass is 589 g/mol. The lowest BCUT2D eigenvalue weighted by Gasteiger charge is -2.39. The number of anilines is 1. The predicted octanol–water partition coefficient (Wildman–Crippen LogP) is 6.11. The molecule has 4 heterocycles. The Labute approximate surface area is 247 Å². The second-order valence-electron chi connectivity index (χ2n) is 12.2. The molecule has 4 aromatic rings. The number of nitrogen functional groups attached to an aromatic ring is 1. The van der Waals surface area contributed by atoms with Crippen LogP contribution in [0.4, 0.5) is 19.0 Å². The molecular weight excluding hydrogens is 555 g/mol. The molecule has 0 bridgehead atoms. The van der Waals surface area contributed by atoms with Crippen LogP contribution in [0.1, 0.15) is 68.5 Å². The highest BCUT2D eigenvalue weighted by molar-refractivity contribution is 5.85. The molecule has 3 N–H and O–H groups in total. The summed E-state index contributed by atoms with van der Waals surface area (Å²) < 4.78 is 43.1. The Balaban J connectivity index is 1.34. The quantitative estimate of drug-likeness (QED) is 0.274. The van der Waals surface area contributed by atoms with Crippen LogP contribution in [0.25, 0.3) is 16.8 Å². The summed E-state index contributed by atoms with van der Waals surface area (Å²) in [6, 6.07) is 13.3. The van der Waals surface area contributed by atoms with E-state index < -0.39 is 17.2 Å². The molecule has 224 valence electrons. The van der Waals surface area contributed by atoms with Crippen molar-refractivity contribution in [2.45, 2.75) is 69.2 Å². The van der Waals surface area contributed by atoms with Gasteiger partial charge in [-0.25, -0.2) is 9.97 Å². The maximum Gasteiger partial charge on any atom is 0.397 e. The van der Waals surface area contributed by atoms with E-state index in [4.69, 9.17) is 10.7 Å². The zero-order valence-corrected chi connectivity index (χ0v) is 24.3. The Hall–Kier alpha value is -4.18. The number of halogens is 3. The van der Waals surface area contributed by atoms with Crippen LogP contribution in [0.15, 0.2) is 73.1 Å². The average molecular weight is 590 g/mol. The van der Waals surface area contributed by atoms with Crippen LogP contribution in [0.2, 0.25) is 0 Å². The molecular formula is C33H34F3N5O2. The molecule has 3 atom stereocenters. The molecule has 43 heavy (non-hydrogen) atoms. The van der Waals surface area contributed by atoms with Crippen molar-refractivity contribution in [1.82, 2.24) is 19.3 Å². The topological polar surface area (TPSA) is 96.8 Å². The van der Waals surface area contributed by atoms with Gasteiger partial charge < -0.3 is 15.7 Å². The SMILES string of the molecule is CC(C)(c1cccc([C@](C)(O)c2ccc(-c3nc([C@@H]4CC[C@H]5C=CCC(=O)N5C4)n4ccnc(N)c34)cc2)c1)C(F)(F)F. The number of imidazole rings is 1. The van der Waals surface area contributed by atoms with Gasteiger partial charge in [-0.1, -0.05) is 60.7 Å². The van der Waals surface area contributed by atoms with Crippen molar-refractivity contribution in [2.24, 2.45) is 0 Å². The highest BCUT2D eigenvalue weighted by atomic mass is 19.4. The lowest BCUT2D eigenvalue weighted by Crippen LogP contribution is -2.47. The number of nitrogens with two attached hydrogens (primary N) is 1. The molecule has 10 heteroatoms. The molecule has 0 spiro atoms. The standard InChI is InChI=1S/C33H34F3N5O2/c1-31(2,33(34,35)36)23-6-4-7-24(18-23)32(3,43)22-13-10-20(11-14-22)27-28-29(37)38-16-17-40(28)30(39-27)21-12-15-25-8-5-9-26(42)41(25)19-21/h4-8,10-11,13-14,16-18,21,25,43H,9,12,15,19H2,1-3H3,(H2,37,38)/t21-,25-,32-/m1/s1. The summed E-state index contributed by atoms with van der Waals surface area (Å²) in [6.45, 7) is 4.40. The summed E-state index contributed by atoms with van der Waals surface area (Å²) in [6.07, 6.45) is 5.20. The fraction of sp³-hybridized carbons (Fsp3) is 0.364. The molecule has 2 aromatic heterocycles. The van der Waals surface area contributed by atoms with E-state index in [0.29, 0.717) is 41.1 Å². The number of rotatable bonds is 5. The third-order valence-electron chi connectivity index (χ3n) is 9.15. The van der Waals surface area contributed by atoms with Crippen LogP contribution < -0.4 is 5.73 Å². The maximum absolute atomic E-state index is 13.7. The van der Waals surface area contributed by atoms with Gasteiger partial charge in [-0.05, 0) is 50.3 Å². The number of hydrogen-bond donors (Lipinski definition) is 2. The second-order valence-corrected chi connectivity index (χ2v) is 12.2. The number of amides is 1.